The highest BCUT2D eigenvalue weighted by atomic mass is 16.5. The lowest BCUT2D eigenvalue weighted by molar-refractivity contribution is 0.0232. The maximum absolute atomic E-state index is 12.6. The number of anilines is 1. The molecule has 0 aromatic heterocycles. The smallest absolute Gasteiger partial charge is 0.251 e. The van der Waals surface area contributed by atoms with Crippen molar-refractivity contribution in [2.45, 2.75) is 51.0 Å². The first kappa shape index (κ1) is 21.8. The van der Waals surface area contributed by atoms with Crippen LogP contribution in [0, 0.1) is 0 Å². The molecular formula is C25H33N3O3. The van der Waals surface area contributed by atoms with E-state index in [0.717, 1.165) is 44.6 Å². The van der Waals surface area contributed by atoms with Crippen LogP contribution in [0.3, 0.4) is 0 Å². The Labute approximate surface area is 184 Å². The number of hydrogen-bond donors (Lipinski definition) is 3. The molecule has 6 heteroatoms. The number of rotatable bonds is 7. The van der Waals surface area contributed by atoms with E-state index in [0.29, 0.717) is 18.2 Å². The number of carbonyl (C=O) groups excluding carboxylic acids is 1. The first-order valence-corrected chi connectivity index (χ1v) is 11.3. The third-order valence-corrected chi connectivity index (χ3v) is 6.16. The highest BCUT2D eigenvalue weighted by Gasteiger charge is 2.20. The van der Waals surface area contributed by atoms with Crippen LogP contribution in [0.25, 0.3) is 0 Å². The second kappa shape index (κ2) is 10.3. The molecule has 2 aliphatic rings. The van der Waals surface area contributed by atoms with Crippen LogP contribution in [0.15, 0.2) is 48.5 Å². The lowest BCUT2D eigenvalue weighted by atomic mass is 10.00. The molecule has 166 valence electrons. The Morgan fingerprint density at radius 2 is 2.06 bits per heavy atom. The molecule has 6 nitrogen and oxygen atoms in total. The first-order valence-electron chi connectivity index (χ1n) is 11.3. The van der Waals surface area contributed by atoms with Crippen molar-refractivity contribution in [2.75, 3.05) is 31.6 Å². The van der Waals surface area contributed by atoms with Crippen molar-refractivity contribution in [2.24, 2.45) is 0 Å². The van der Waals surface area contributed by atoms with Crippen molar-refractivity contribution in [3.63, 3.8) is 0 Å². The number of amides is 1. The predicted molar refractivity (Wildman–Crippen MR) is 122 cm³/mol. The summed E-state index contributed by atoms with van der Waals surface area (Å²) in [5.41, 5.74) is 4.27. The zero-order valence-electron chi connectivity index (χ0n) is 18.2. The van der Waals surface area contributed by atoms with Gasteiger partial charge in [0.25, 0.3) is 5.91 Å². The molecular weight excluding hydrogens is 390 g/mol. The molecule has 0 bridgehead atoms. The van der Waals surface area contributed by atoms with Crippen LogP contribution in [0.5, 0.6) is 0 Å². The summed E-state index contributed by atoms with van der Waals surface area (Å²) < 4.78 is 5.60. The Bertz CT molecular complexity index is 888. The van der Waals surface area contributed by atoms with Crippen molar-refractivity contribution in [1.29, 1.82) is 0 Å². The van der Waals surface area contributed by atoms with Gasteiger partial charge in [-0.15, -0.1) is 0 Å². The summed E-state index contributed by atoms with van der Waals surface area (Å²) in [5.74, 6) is -0.160. The molecule has 1 saturated heterocycles. The molecule has 31 heavy (non-hydrogen) atoms. The van der Waals surface area contributed by atoms with Gasteiger partial charge in [0.1, 0.15) is 0 Å². The number of nitrogens with zero attached hydrogens (tertiary/aromatic N) is 1. The summed E-state index contributed by atoms with van der Waals surface area (Å²) in [5, 5.41) is 16.9. The van der Waals surface area contributed by atoms with Gasteiger partial charge in [0.2, 0.25) is 0 Å². The third-order valence-electron chi connectivity index (χ3n) is 6.16. The first-order chi connectivity index (χ1) is 15.1. The summed E-state index contributed by atoms with van der Waals surface area (Å²) in [4.78, 5) is 14.9. The number of fused-ring (bicyclic) bond motifs is 1. The van der Waals surface area contributed by atoms with Crippen molar-refractivity contribution in [3.8, 4) is 0 Å². The quantitative estimate of drug-likeness (QED) is 0.639. The topological polar surface area (TPSA) is 73.8 Å². The molecule has 3 unspecified atom stereocenters. The number of aliphatic hydroxyl groups is 1. The molecule has 3 atom stereocenters. The van der Waals surface area contributed by atoms with Gasteiger partial charge in [-0.3, -0.25) is 9.69 Å². The van der Waals surface area contributed by atoms with E-state index in [1.807, 2.05) is 18.2 Å². The molecule has 1 fully saturated rings. The molecule has 2 heterocycles. The van der Waals surface area contributed by atoms with Crippen LogP contribution in [0.1, 0.15) is 41.3 Å². The number of hydrogen-bond acceptors (Lipinski definition) is 5. The normalized spacial score (nSPS) is 22.4. The molecule has 0 aliphatic carbocycles. The monoisotopic (exact) mass is 423 g/mol. The minimum Gasteiger partial charge on any atom is -0.390 e. The fourth-order valence-corrected chi connectivity index (χ4v) is 4.50. The largest absolute Gasteiger partial charge is 0.390 e. The number of β-amino-alcohol motifs (C(OH)–C–C–N with tert-alkyl or cyclic N) is 1. The minimum absolute atomic E-state index is 0.160. The Kier molecular flexibility index (Phi) is 7.22. The Balaban J connectivity index is 1.25. The van der Waals surface area contributed by atoms with Crippen LogP contribution in [0.2, 0.25) is 0 Å². The molecule has 0 saturated carbocycles. The second-order valence-electron chi connectivity index (χ2n) is 8.75. The van der Waals surface area contributed by atoms with Crippen molar-refractivity contribution >= 4 is 11.6 Å². The highest BCUT2D eigenvalue weighted by molar-refractivity contribution is 5.95. The van der Waals surface area contributed by atoms with Gasteiger partial charge in [-0.2, -0.15) is 0 Å². The molecule has 2 aliphatic heterocycles. The van der Waals surface area contributed by atoms with Crippen molar-refractivity contribution in [1.82, 2.24) is 10.2 Å². The van der Waals surface area contributed by atoms with Gasteiger partial charge in [-0.1, -0.05) is 30.3 Å². The summed E-state index contributed by atoms with van der Waals surface area (Å²) >= 11 is 0. The molecule has 0 spiro atoms. The van der Waals surface area contributed by atoms with Gasteiger partial charge in [-0.25, -0.2) is 0 Å². The van der Waals surface area contributed by atoms with Gasteiger partial charge in [0.05, 0.1) is 12.2 Å². The van der Waals surface area contributed by atoms with E-state index in [1.54, 1.807) is 6.07 Å². The summed E-state index contributed by atoms with van der Waals surface area (Å²) in [6.07, 6.45) is 2.59. The second-order valence-corrected chi connectivity index (χ2v) is 8.75. The number of nitrogens with one attached hydrogen (secondary N) is 2. The summed E-state index contributed by atoms with van der Waals surface area (Å²) in [7, 11) is 0. The van der Waals surface area contributed by atoms with Gasteiger partial charge in [0, 0.05) is 50.1 Å². The zero-order valence-corrected chi connectivity index (χ0v) is 18.2. The highest BCUT2D eigenvalue weighted by Crippen LogP contribution is 2.20. The van der Waals surface area contributed by atoms with Gasteiger partial charge < -0.3 is 20.5 Å². The van der Waals surface area contributed by atoms with E-state index in [4.69, 9.17) is 4.74 Å². The Morgan fingerprint density at radius 1 is 1.23 bits per heavy atom. The maximum atomic E-state index is 12.6. The zero-order chi connectivity index (χ0) is 21.6. The SMILES string of the molecule is CC1CC(Nc2cccc(C(=O)NCC(O)CN3CCc4ccccc4C3)c2)CCO1. The molecule has 1 amide bonds. The molecule has 4 rings (SSSR count). The standard InChI is InChI=1S/C25H33N3O3/c1-18-13-23(10-12-31-18)27-22-8-4-7-20(14-22)25(30)26-15-24(29)17-28-11-9-19-5-2-3-6-21(19)16-28/h2-8,14,18,23-24,27,29H,9-13,15-17H2,1H3,(H,26,30). The van der Waals surface area contributed by atoms with Crippen LogP contribution >= 0.6 is 0 Å². The number of ether oxygens (including phenoxy) is 1. The lowest BCUT2D eigenvalue weighted by Crippen LogP contribution is -2.42. The van der Waals surface area contributed by atoms with Crippen molar-refractivity contribution in [3.05, 3.63) is 65.2 Å². The molecule has 2 aromatic carbocycles. The van der Waals surface area contributed by atoms with Crippen molar-refractivity contribution < 1.29 is 14.6 Å². The van der Waals surface area contributed by atoms with E-state index in [9.17, 15) is 9.90 Å². The van der Waals surface area contributed by atoms with Gasteiger partial charge in [0.15, 0.2) is 0 Å². The van der Waals surface area contributed by atoms with Crippen LogP contribution < -0.4 is 10.6 Å². The molecule has 0 radical (unpaired) electrons. The van der Waals surface area contributed by atoms with Crippen LogP contribution in [-0.4, -0.2) is 60.4 Å². The number of aliphatic hydroxyl groups excluding tert-OH is 1. The molecule has 3 N–H and O–H groups in total. The predicted octanol–water partition coefficient (Wildman–Crippen LogP) is 2.82. The number of benzene rings is 2. The summed E-state index contributed by atoms with van der Waals surface area (Å²) in [6, 6.07) is 16.4. The minimum atomic E-state index is -0.598. The molecule has 2 aromatic rings. The van der Waals surface area contributed by atoms with E-state index >= 15 is 0 Å². The fourth-order valence-electron chi connectivity index (χ4n) is 4.50. The van der Waals surface area contributed by atoms with Gasteiger partial charge in [-0.05, 0) is 55.5 Å². The van der Waals surface area contributed by atoms with Crippen LogP contribution in [0.4, 0.5) is 5.69 Å². The van der Waals surface area contributed by atoms with E-state index in [-0.39, 0.29) is 18.6 Å². The van der Waals surface area contributed by atoms with E-state index in [1.165, 1.54) is 11.1 Å². The number of carbonyl (C=O) groups is 1. The average molecular weight is 424 g/mol. The average Bonchev–Trinajstić information content (AvgIpc) is 2.77. The maximum Gasteiger partial charge on any atom is 0.251 e. The van der Waals surface area contributed by atoms with E-state index < -0.39 is 6.10 Å². The third kappa shape index (κ3) is 6.06. The summed E-state index contributed by atoms with van der Waals surface area (Å²) in [6.45, 7) is 5.43. The Hall–Kier alpha value is -2.41. The lowest BCUT2D eigenvalue weighted by Gasteiger charge is -2.30. The Morgan fingerprint density at radius 3 is 2.90 bits per heavy atom. The van der Waals surface area contributed by atoms with E-state index in [2.05, 4.69) is 46.7 Å². The fraction of sp³-hybridized carbons (Fsp3) is 0.480. The van der Waals surface area contributed by atoms with Crippen LogP contribution in [-0.2, 0) is 17.7 Å². The van der Waals surface area contributed by atoms with Gasteiger partial charge >= 0.3 is 0 Å².